The molecule has 0 radical (unpaired) electrons. The van der Waals surface area contributed by atoms with E-state index in [1.54, 1.807) is 6.07 Å². The zero-order valence-corrected chi connectivity index (χ0v) is 14.7. The van der Waals surface area contributed by atoms with Crippen molar-refractivity contribution in [2.24, 2.45) is 0 Å². The second kappa shape index (κ2) is 8.71. The SMILES string of the molecule is C[C@@H](CC(=O)N(C(=O)c1c(F)cccc1[N+](=O)[O-])c1ccccc1)NC(=O)O. The number of anilines is 1. The zero-order chi connectivity index (χ0) is 20.8. The minimum atomic E-state index is -1.36. The zero-order valence-electron chi connectivity index (χ0n) is 14.7. The van der Waals surface area contributed by atoms with Gasteiger partial charge in [-0.05, 0) is 25.1 Å². The van der Waals surface area contributed by atoms with Crippen LogP contribution in [0.5, 0.6) is 0 Å². The molecule has 0 saturated carbocycles. The van der Waals surface area contributed by atoms with Gasteiger partial charge in [-0.3, -0.25) is 19.7 Å². The fourth-order valence-electron chi connectivity index (χ4n) is 2.56. The predicted molar refractivity (Wildman–Crippen MR) is 96.6 cm³/mol. The lowest BCUT2D eigenvalue weighted by molar-refractivity contribution is -0.385. The van der Waals surface area contributed by atoms with Crippen molar-refractivity contribution in [3.8, 4) is 0 Å². The van der Waals surface area contributed by atoms with Gasteiger partial charge in [0.05, 0.1) is 10.6 Å². The average Bonchev–Trinajstić information content (AvgIpc) is 2.61. The molecule has 3 amide bonds. The molecule has 0 fully saturated rings. The van der Waals surface area contributed by atoms with Crippen LogP contribution in [0.2, 0.25) is 0 Å². The van der Waals surface area contributed by atoms with Crippen molar-refractivity contribution >= 4 is 29.3 Å². The van der Waals surface area contributed by atoms with Crippen molar-refractivity contribution in [3.05, 3.63) is 70.0 Å². The van der Waals surface area contributed by atoms with Crippen LogP contribution in [0.3, 0.4) is 0 Å². The molecular formula is C18H16FN3O6. The molecule has 0 unspecified atom stereocenters. The first-order valence-electron chi connectivity index (χ1n) is 8.07. The van der Waals surface area contributed by atoms with E-state index in [2.05, 4.69) is 5.32 Å². The molecule has 28 heavy (non-hydrogen) atoms. The third-order valence-electron chi connectivity index (χ3n) is 3.72. The van der Waals surface area contributed by atoms with Gasteiger partial charge in [0.1, 0.15) is 5.82 Å². The summed E-state index contributed by atoms with van der Waals surface area (Å²) in [5, 5.41) is 22.0. The minimum Gasteiger partial charge on any atom is -0.465 e. The van der Waals surface area contributed by atoms with Gasteiger partial charge in [-0.15, -0.1) is 0 Å². The van der Waals surface area contributed by atoms with E-state index in [1.165, 1.54) is 31.2 Å². The molecule has 146 valence electrons. The normalized spacial score (nSPS) is 11.4. The molecule has 10 heteroatoms. The Kier molecular flexibility index (Phi) is 6.38. The fraction of sp³-hybridized carbons (Fsp3) is 0.167. The number of para-hydroxylation sites is 1. The van der Waals surface area contributed by atoms with E-state index in [0.717, 1.165) is 18.2 Å². The van der Waals surface area contributed by atoms with E-state index < -0.39 is 52.4 Å². The van der Waals surface area contributed by atoms with Crippen LogP contribution in [0.25, 0.3) is 0 Å². The summed E-state index contributed by atoms with van der Waals surface area (Å²) in [5.41, 5.74) is -1.57. The first-order valence-corrected chi connectivity index (χ1v) is 8.07. The number of halogens is 1. The largest absolute Gasteiger partial charge is 0.465 e. The number of rotatable bonds is 6. The lowest BCUT2D eigenvalue weighted by Crippen LogP contribution is -2.42. The van der Waals surface area contributed by atoms with E-state index in [-0.39, 0.29) is 5.69 Å². The highest BCUT2D eigenvalue weighted by Crippen LogP contribution is 2.26. The van der Waals surface area contributed by atoms with E-state index in [0.29, 0.717) is 4.90 Å². The topological polar surface area (TPSA) is 130 Å². The number of imide groups is 1. The van der Waals surface area contributed by atoms with Crippen LogP contribution in [0.15, 0.2) is 48.5 Å². The lowest BCUT2D eigenvalue weighted by Gasteiger charge is -2.23. The van der Waals surface area contributed by atoms with Crippen LogP contribution in [0.1, 0.15) is 23.7 Å². The van der Waals surface area contributed by atoms with Gasteiger partial charge in [-0.2, -0.15) is 0 Å². The molecular weight excluding hydrogens is 373 g/mol. The van der Waals surface area contributed by atoms with Crippen molar-refractivity contribution in [2.45, 2.75) is 19.4 Å². The Labute approximate surface area is 158 Å². The third kappa shape index (κ3) is 4.67. The molecule has 0 aliphatic rings. The molecule has 0 bridgehead atoms. The standard InChI is InChI=1S/C18H16FN3O6/c1-11(20-18(25)26)10-15(23)21(12-6-3-2-4-7-12)17(24)16-13(19)8-5-9-14(16)22(27)28/h2-9,11,20H,10H2,1H3,(H,25,26)/t11-/m0/s1. The number of benzene rings is 2. The highest BCUT2D eigenvalue weighted by molar-refractivity contribution is 6.22. The maximum absolute atomic E-state index is 14.3. The third-order valence-corrected chi connectivity index (χ3v) is 3.72. The van der Waals surface area contributed by atoms with E-state index in [4.69, 9.17) is 5.11 Å². The van der Waals surface area contributed by atoms with Crippen LogP contribution in [0, 0.1) is 15.9 Å². The van der Waals surface area contributed by atoms with Crippen molar-refractivity contribution < 1.29 is 28.8 Å². The Bertz CT molecular complexity index is 919. The number of nitro benzene ring substituents is 1. The highest BCUT2D eigenvalue weighted by Gasteiger charge is 2.33. The van der Waals surface area contributed by atoms with Gasteiger partial charge >= 0.3 is 6.09 Å². The Balaban J connectivity index is 2.49. The molecule has 2 aromatic carbocycles. The molecule has 1 atom stereocenters. The predicted octanol–water partition coefficient (Wildman–Crippen LogP) is 2.95. The molecule has 0 heterocycles. The summed E-state index contributed by atoms with van der Waals surface area (Å²) in [5.74, 6) is -3.22. The van der Waals surface area contributed by atoms with Gasteiger partial charge in [0.15, 0.2) is 5.56 Å². The molecule has 0 spiro atoms. The first kappa shape index (κ1) is 20.5. The van der Waals surface area contributed by atoms with E-state index >= 15 is 0 Å². The average molecular weight is 389 g/mol. The number of carbonyl (C=O) groups is 3. The summed E-state index contributed by atoms with van der Waals surface area (Å²) in [6.07, 6.45) is -1.78. The van der Waals surface area contributed by atoms with Gasteiger partial charge in [0, 0.05) is 18.5 Å². The minimum absolute atomic E-state index is 0.0672. The van der Waals surface area contributed by atoms with E-state index in [9.17, 15) is 28.9 Å². The van der Waals surface area contributed by atoms with Gasteiger partial charge in [0.2, 0.25) is 5.91 Å². The van der Waals surface area contributed by atoms with Crippen molar-refractivity contribution in [1.82, 2.24) is 5.32 Å². The van der Waals surface area contributed by atoms with Crippen molar-refractivity contribution in [2.75, 3.05) is 4.90 Å². The Hall–Kier alpha value is -3.82. The monoisotopic (exact) mass is 389 g/mol. The van der Waals surface area contributed by atoms with Crippen LogP contribution in [-0.4, -0.2) is 34.0 Å². The Morgan fingerprint density at radius 3 is 2.39 bits per heavy atom. The molecule has 2 aromatic rings. The maximum atomic E-state index is 14.3. The molecule has 9 nitrogen and oxygen atoms in total. The molecule has 0 saturated heterocycles. The summed E-state index contributed by atoms with van der Waals surface area (Å²) < 4.78 is 14.3. The molecule has 0 aliphatic heterocycles. The molecule has 0 aliphatic carbocycles. The second-order valence-corrected chi connectivity index (χ2v) is 5.82. The van der Waals surface area contributed by atoms with Crippen molar-refractivity contribution in [3.63, 3.8) is 0 Å². The number of carbonyl (C=O) groups excluding carboxylic acids is 2. The van der Waals surface area contributed by atoms with Gasteiger partial charge in [0.25, 0.3) is 11.6 Å². The summed E-state index contributed by atoms with van der Waals surface area (Å²) in [6, 6.07) is 9.54. The second-order valence-electron chi connectivity index (χ2n) is 5.82. The highest BCUT2D eigenvalue weighted by atomic mass is 19.1. The summed E-state index contributed by atoms with van der Waals surface area (Å²) in [7, 11) is 0. The van der Waals surface area contributed by atoms with Crippen LogP contribution in [-0.2, 0) is 4.79 Å². The molecule has 0 aromatic heterocycles. The number of hydrogen-bond donors (Lipinski definition) is 2. The summed E-state index contributed by atoms with van der Waals surface area (Å²) in [6.45, 7) is 1.41. The van der Waals surface area contributed by atoms with Crippen molar-refractivity contribution in [1.29, 1.82) is 0 Å². The van der Waals surface area contributed by atoms with Crippen LogP contribution >= 0.6 is 0 Å². The van der Waals surface area contributed by atoms with Crippen LogP contribution < -0.4 is 10.2 Å². The Morgan fingerprint density at radius 1 is 1.18 bits per heavy atom. The number of nitro groups is 1. The van der Waals surface area contributed by atoms with Gasteiger partial charge < -0.3 is 10.4 Å². The maximum Gasteiger partial charge on any atom is 0.404 e. The van der Waals surface area contributed by atoms with Gasteiger partial charge in [-0.25, -0.2) is 14.1 Å². The number of nitrogens with one attached hydrogen (secondary N) is 1. The summed E-state index contributed by atoms with van der Waals surface area (Å²) >= 11 is 0. The number of hydrogen-bond acceptors (Lipinski definition) is 5. The first-order chi connectivity index (χ1) is 13.2. The van der Waals surface area contributed by atoms with Gasteiger partial charge in [-0.1, -0.05) is 24.3 Å². The number of amides is 3. The fourth-order valence-corrected chi connectivity index (χ4v) is 2.56. The smallest absolute Gasteiger partial charge is 0.404 e. The number of nitrogens with zero attached hydrogens (tertiary/aromatic N) is 2. The van der Waals surface area contributed by atoms with Crippen LogP contribution in [0.4, 0.5) is 20.6 Å². The van der Waals surface area contributed by atoms with E-state index in [1.807, 2.05) is 0 Å². The molecule has 2 rings (SSSR count). The number of carboxylic acid groups (broad SMARTS) is 1. The summed E-state index contributed by atoms with van der Waals surface area (Å²) in [4.78, 5) is 47.3. The quantitative estimate of drug-likeness (QED) is 0.577. The molecule has 2 N–H and O–H groups in total. The Morgan fingerprint density at radius 2 is 1.82 bits per heavy atom. The lowest BCUT2D eigenvalue weighted by atomic mass is 10.1.